The van der Waals surface area contributed by atoms with E-state index >= 15 is 0 Å². The van der Waals surface area contributed by atoms with Gasteiger partial charge in [-0.3, -0.25) is 9.69 Å². The highest BCUT2D eigenvalue weighted by Crippen LogP contribution is 2.24. The van der Waals surface area contributed by atoms with Crippen LogP contribution >= 0.6 is 0 Å². The fourth-order valence-electron chi connectivity index (χ4n) is 3.83. The molecule has 3 heteroatoms. The molecule has 2 fully saturated rings. The second-order valence-electron chi connectivity index (χ2n) is 7.01. The summed E-state index contributed by atoms with van der Waals surface area (Å²) < 4.78 is 0. The van der Waals surface area contributed by atoms with Crippen LogP contribution in [0.4, 0.5) is 0 Å². The van der Waals surface area contributed by atoms with Gasteiger partial charge in [0.1, 0.15) is 0 Å². The van der Waals surface area contributed by atoms with Crippen molar-refractivity contribution >= 4 is 5.91 Å². The molecular formula is C17H32N2O. The van der Waals surface area contributed by atoms with Crippen molar-refractivity contribution < 1.29 is 4.79 Å². The minimum Gasteiger partial charge on any atom is -0.355 e. The molecule has 2 saturated carbocycles. The van der Waals surface area contributed by atoms with Crippen LogP contribution in [0.2, 0.25) is 0 Å². The summed E-state index contributed by atoms with van der Waals surface area (Å²) in [7, 11) is 2.09. The molecule has 0 unspecified atom stereocenters. The number of hydrogen-bond acceptors (Lipinski definition) is 2. The van der Waals surface area contributed by atoms with Crippen LogP contribution in [-0.2, 0) is 4.79 Å². The lowest BCUT2D eigenvalue weighted by Crippen LogP contribution is -2.39. The normalized spacial score (nSPS) is 22.1. The zero-order valence-corrected chi connectivity index (χ0v) is 13.2. The number of nitrogens with zero attached hydrogens (tertiary/aromatic N) is 1. The molecule has 2 rings (SSSR count). The average molecular weight is 280 g/mol. The molecule has 3 nitrogen and oxygen atoms in total. The molecule has 1 N–H and O–H groups in total. The highest BCUT2D eigenvalue weighted by Gasteiger charge is 2.18. The first-order valence-corrected chi connectivity index (χ1v) is 8.69. The Labute approximate surface area is 124 Å². The zero-order valence-electron chi connectivity index (χ0n) is 13.2. The van der Waals surface area contributed by atoms with Crippen molar-refractivity contribution in [2.45, 2.75) is 64.2 Å². The van der Waals surface area contributed by atoms with Gasteiger partial charge in [0.15, 0.2) is 0 Å². The van der Waals surface area contributed by atoms with E-state index in [9.17, 15) is 4.79 Å². The molecule has 0 atom stereocenters. The van der Waals surface area contributed by atoms with Gasteiger partial charge < -0.3 is 5.32 Å². The molecule has 0 aromatic heterocycles. The van der Waals surface area contributed by atoms with Crippen LogP contribution in [0.15, 0.2) is 0 Å². The third-order valence-electron chi connectivity index (χ3n) is 5.02. The molecule has 116 valence electrons. The highest BCUT2D eigenvalue weighted by molar-refractivity contribution is 5.77. The molecule has 0 aliphatic heterocycles. The number of amides is 1. The maximum atomic E-state index is 12.0. The molecule has 1 amide bonds. The SMILES string of the molecule is CN(CC(=O)NCC1CCCCC1)CC1CCCCC1. The van der Waals surface area contributed by atoms with E-state index in [1.165, 1.54) is 64.2 Å². The first-order valence-electron chi connectivity index (χ1n) is 8.69. The Morgan fingerprint density at radius 3 is 2.10 bits per heavy atom. The van der Waals surface area contributed by atoms with Crippen molar-refractivity contribution in [1.82, 2.24) is 10.2 Å². The fraction of sp³-hybridized carbons (Fsp3) is 0.941. The van der Waals surface area contributed by atoms with Gasteiger partial charge in [0.05, 0.1) is 6.54 Å². The van der Waals surface area contributed by atoms with Crippen LogP contribution in [0.3, 0.4) is 0 Å². The molecule has 2 aliphatic rings. The Hall–Kier alpha value is -0.570. The van der Waals surface area contributed by atoms with E-state index in [1.54, 1.807) is 0 Å². The van der Waals surface area contributed by atoms with Crippen molar-refractivity contribution in [2.75, 3.05) is 26.7 Å². The van der Waals surface area contributed by atoms with E-state index in [-0.39, 0.29) is 5.91 Å². The zero-order chi connectivity index (χ0) is 14.2. The predicted octanol–water partition coefficient (Wildman–Crippen LogP) is 3.20. The summed E-state index contributed by atoms with van der Waals surface area (Å²) in [5, 5.41) is 3.14. The van der Waals surface area contributed by atoms with E-state index in [2.05, 4.69) is 17.3 Å². The number of hydrogen-bond donors (Lipinski definition) is 1. The molecular weight excluding hydrogens is 248 g/mol. The maximum absolute atomic E-state index is 12.0. The fourth-order valence-corrected chi connectivity index (χ4v) is 3.83. The number of carbonyl (C=O) groups excluding carboxylic acids is 1. The second-order valence-corrected chi connectivity index (χ2v) is 7.01. The summed E-state index contributed by atoms with van der Waals surface area (Å²) in [4.78, 5) is 14.2. The molecule has 0 radical (unpaired) electrons. The molecule has 0 spiro atoms. The van der Waals surface area contributed by atoms with Crippen LogP contribution < -0.4 is 5.32 Å². The van der Waals surface area contributed by atoms with Crippen LogP contribution in [0, 0.1) is 11.8 Å². The van der Waals surface area contributed by atoms with E-state index in [0.717, 1.165) is 24.9 Å². The van der Waals surface area contributed by atoms with Crippen LogP contribution in [0.5, 0.6) is 0 Å². The van der Waals surface area contributed by atoms with E-state index in [0.29, 0.717) is 6.54 Å². The van der Waals surface area contributed by atoms with E-state index < -0.39 is 0 Å². The first kappa shape index (κ1) is 15.8. The largest absolute Gasteiger partial charge is 0.355 e. The van der Waals surface area contributed by atoms with Gasteiger partial charge in [0.25, 0.3) is 0 Å². The summed E-state index contributed by atoms with van der Waals surface area (Å²) in [6, 6.07) is 0. The van der Waals surface area contributed by atoms with Crippen molar-refractivity contribution in [3.05, 3.63) is 0 Å². The van der Waals surface area contributed by atoms with Gasteiger partial charge in [-0.05, 0) is 44.6 Å². The quantitative estimate of drug-likeness (QED) is 0.810. The minimum absolute atomic E-state index is 0.217. The molecule has 0 bridgehead atoms. The smallest absolute Gasteiger partial charge is 0.234 e. The highest BCUT2D eigenvalue weighted by atomic mass is 16.2. The number of rotatable bonds is 6. The van der Waals surface area contributed by atoms with Gasteiger partial charge in [-0.2, -0.15) is 0 Å². The summed E-state index contributed by atoms with van der Waals surface area (Å²) in [5.74, 6) is 1.77. The van der Waals surface area contributed by atoms with Crippen molar-refractivity contribution in [3.8, 4) is 0 Å². The average Bonchev–Trinajstić information content (AvgIpc) is 2.47. The molecule has 0 aromatic carbocycles. The van der Waals surface area contributed by atoms with Gasteiger partial charge >= 0.3 is 0 Å². The Morgan fingerprint density at radius 2 is 1.50 bits per heavy atom. The molecule has 0 heterocycles. The third-order valence-corrected chi connectivity index (χ3v) is 5.02. The lowest BCUT2D eigenvalue weighted by atomic mass is 9.89. The topological polar surface area (TPSA) is 32.3 Å². The lowest BCUT2D eigenvalue weighted by molar-refractivity contribution is -0.122. The standard InChI is InChI=1S/C17H32N2O/c1-19(13-16-10-6-3-7-11-16)14-17(20)18-12-15-8-4-2-5-9-15/h15-16H,2-14H2,1H3,(H,18,20). The Morgan fingerprint density at radius 1 is 0.950 bits per heavy atom. The van der Waals surface area contributed by atoms with Crippen molar-refractivity contribution in [2.24, 2.45) is 11.8 Å². The molecule has 2 aliphatic carbocycles. The summed E-state index contributed by atoms with van der Waals surface area (Å²) in [6.07, 6.45) is 13.6. The summed E-state index contributed by atoms with van der Waals surface area (Å²) in [5.41, 5.74) is 0. The van der Waals surface area contributed by atoms with Crippen molar-refractivity contribution in [3.63, 3.8) is 0 Å². The van der Waals surface area contributed by atoms with Gasteiger partial charge in [0.2, 0.25) is 5.91 Å². The Kier molecular flexibility index (Phi) is 6.85. The molecule has 0 saturated heterocycles. The predicted molar refractivity (Wildman–Crippen MR) is 83.7 cm³/mol. The van der Waals surface area contributed by atoms with Crippen LogP contribution in [0.1, 0.15) is 64.2 Å². The summed E-state index contributed by atoms with van der Waals surface area (Å²) in [6.45, 7) is 2.57. The summed E-state index contributed by atoms with van der Waals surface area (Å²) >= 11 is 0. The molecule has 0 aromatic rings. The van der Waals surface area contributed by atoms with E-state index in [1.807, 2.05) is 0 Å². The lowest BCUT2D eigenvalue weighted by Gasteiger charge is -2.27. The second kappa shape index (κ2) is 8.66. The Bertz CT molecular complexity index is 281. The maximum Gasteiger partial charge on any atom is 0.234 e. The van der Waals surface area contributed by atoms with Gasteiger partial charge in [0, 0.05) is 13.1 Å². The molecule has 20 heavy (non-hydrogen) atoms. The number of likely N-dealkylation sites (N-methyl/N-ethyl adjacent to an activating group) is 1. The Balaban J connectivity index is 1.57. The van der Waals surface area contributed by atoms with E-state index in [4.69, 9.17) is 0 Å². The van der Waals surface area contributed by atoms with Gasteiger partial charge in [-0.1, -0.05) is 38.5 Å². The minimum atomic E-state index is 0.217. The van der Waals surface area contributed by atoms with Crippen LogP contribution in [-0.4, -0.2) is 37.5 Å². The number of nitrogens with one attached hydrogen (secondary N) is 1. The third kappa shape index (κ3) is 5.82. The van der Waals surface area contributed by atoms with Crippen LogP contribution in [0.25, 0.3) is 0 Å². The first-order chi connectivity index (χ1) is 9.74. The van der Waals surface area contributed by atoms with Crippen molar-refractivity contribution in [1.29, 1.82) is 0 Å². The number of carbonyl (C=O) groups is 1. The van der Waals surface area contributed by atoms with Gasteiger partial charge in [-0.25, -0.2) is 0 Å². The van der Waals surface area contributed by atoms with Gasteiger partial charge in [-0.15, -0.1) is 0 Å². The monoisotopic (exact) mass is 280 g/mol.